The van der Waals surface area contributed by atoms with E-state index in [0.29, 0.717) is 23.8 Å². The molecule has 1 rings (SSSR count). The second-order valence-corrected chi connectivity index (χ2v) is 4.40. The molecule has 0 atom stereocenters. The number of amides is 1. The molecular weight excluding hydrogens is 237 g/mol. The van der Waals surface area contributed by atoms with Crippen molar-refractivity contribution in [1.82, 2.24) is 5.32 Å². The minimum absolute atomic E-state index is 0.147. The third-order valence-electron chi connectivity index (χ3n) is 2.26. The van der Waals surface area contributed by atoms with Crippen molar-refractivity contribution in [3.63, 3.8) is 0 Å². The predicted octanol–water partition coefficient (Wildman–Crippen LogP) is 1.47. The van der Waals surface area contributed by atoms with Gasteiger partial charge in [-0.15, -0.1) is 0 Å². The molecule has 18 heavy (non-hydrogen) atoms. The first-order chi connectivity index (χ1) is 8.52. The molecule has 0 radical (unpaired) electrons. The zero-order valence-electron chi connectivity index (χ0n) is 10.6. The maximum absolute atomic E-state index is 12.9. The molecule has 0 aliphatic rings. The number of aliphatic hydroxyl groups excluding tert-OH is 1. The van der Waals surface area contributed by atoms with Crippen molar-refractivity contribution >= 4 is 5.91 Å². The van der Waals surface area contributed by atoms with Gasteiger partial charge < -0.3 is 15.2 Å². The average molecular weight is 255 g/mol. The van der Waals surface area contributed by atoms with E-state index in [-0.39, 0.29) is 19.1 Å². The van der Waals surface area contributed by atoms with Crippen molar-refractivity contribution in [2.75, 3.05) is 13.2 Å². The van der Waals surface area contributed by atoms with Crippen LogP contribution in [0.2, 0.25) is 0 Å². The van der Waals surface area contributed by atoms with Crippen LogP contribution in [0.4, 0.5) is 4.39 Å². The number of halogens is 1. The van der Waals surface area contributed by atoms with E-state index in [4.69, 9.17) is 9.84 Å². The van der Waals surface area contributed by atoms with Crippen molar-refractivity contribution < 1.29 is 19.0 Å². The van der Waals surface area contributed by atoms with Gasteiger partial charge in [0.1, 0.15) is 11.6 Å². The molecule has 4 nitrogen and oxygen atoms in total. The van der Waals surface area contributed by atoms with Crippen LogP contribution >= 0.6 is 0 Å². The number of carbonyl (C=O) groups excluding carboxylic acids is 1. The monoisotopic (exact) mass is 255 g/mol. The van der Waals surface area contributed by atoms with Crippen LogP contribution in [-0.4, -0.2) is 24.2 Å². The summed E-state index contributed by atoms with van der Waals surface area (Å²) in [4.78, 5) is 11.4. The van der Waals surface area contributed by atoms with Gasteiger partial charge in [0.25, 0.3) is 5.91 Å². The predicted molar refractivity (Wildman–Crippen MR) is 65.7 cm³/mol. The number of ether oxygens (including phenoxy) is 1. The summed E-state index contributed by atoms with van der Waals surface area (Å²) < 4.78 is 18.1. The Labute approximate surface area is 106 Å². The van der Waals surface area contributed by atoms with Crippen molar-refractivity contribution in [2.24, 2.45) is 5.92 Å². The lowest BCUT2D eigenvalue weighted by atomic mass is 10.2. The van der Waals surface area contributed by atoms with E-state index in [1.165, 1.54) is 18.2 Å². The molecule has 0 bridgehead atoms. The molecule has 0 saturated heterocycles. The van der Waals surface area contributed by atoms with Crippen LogP contribution in [0.1, 0.15) is 19.4 Å². The van der Waals surface area contributed by atoms with Crippen molar-refractivity contribution in [2.45, 2.75) is 20.5 Å². The molecule has 0 saturated carbocycles. The van der Waals surface area contributed by atoms with Crippen LogP contribution in [0.25, 0.3) is 0 Å². The molecule has 2 N–H and O–H groups in total. The minimum atomic E-state index is -0.448. The lowest BCUT2D eigenvalue weighted by molar-refractivity contribution is -0.123. The van der Waals surface area contributed by atoms with Gasteiger partial charge in [0.2, 0.25) is 0 Å². The highest BCUT2D eigenvalue weighted by molar-refractivity contribution is 5.77. The van der Waals surface area contributed by atoms with Crippen LogP contribution in [0.5, 0.6) is 5.75 Å². The summed E-state index contributed by atoms with van der Waals surface area (Å²) in [5.41, 5.74) is 0.326. The smallest absolute Gasteiger partial charge is 0.257 e. The standard InChI is InChI=1S/C13H18FNO3/c1-9(2)6-15-13(17)8-18-12-4-3-11(14)5-10(12)7-16/h3-5,9,16H,6-8H2,1-2H3,(H,15,17). The van der Waals surface area contributed by atoms with E-state index in [0.717, 1.165) is 0 Å². The highest BCUT2D eigenvalue weighted by Crippen LogP contribution is 2.19. The zero-order chi connectivity index (χ0) is 13.5. The molecule has 0 unspecified atom stereocenters. The Morgan fingerprint density at radius 1 is 1.50 bits per heavy atom. The highest BCUT2D eigenvalue weighted by atomic mass is 19.1. The molecule has 1 aromatic rings. The number of rotatable bonds is 6. The van der Waals surface area contributed by atoms with Gasteiger partial charge in [0.05, 0.1) is 6.61 Å². The molecule has 5 heteroatoms. The Morgan fingerprint density at radius 3 is 2.83 bits per heavy atom. The number of nitrogens with one attached hydrogen (secondary N) is 1. The van der Waals surface area contributed by atoms with Crippen molar-refractivity contribution in [3.8, 4) is 5.75 Å². The van der Waals surface area contributed by atoms with Gasteiger partial charge in [-0.1, -0.05) is 13.8 Å². The molecule has 0 aliphatic heterocycles. The summed E-state index contributed by atoms with van der Waals surface area (Å²) in [6.45, 7) is 4.08. The fraction of sp³-hybridized carbons (Fsp3) is 0.462. The van der Waals surface area contributed by atoms with E-state index >= 15 is 0 Å². The normalized spacial score (nSPS) is 10.5. The Kier molecular flexibility index (Phi) is 5.58. The van der Waals surface area contributed by atoms with E-state index < -0.39 is 5.82 Å². The third-order valence-corrected chi connectivity index (χ3v) is 2.26. The molecule has 0 fully saturated rings. The molecule has 0 spiro atoms. The van der Waals surface area contributed by atoms with Crippen molar-refractivity contribution in [3.05, 3.63) is 29.6 Å². The second-order valence-electron chi connectivity index (χ2n) is 4.40. The number of aliphatic hydroxyl groups is 1. The first-order valence-electron chi connectivity index (χ1n) is 5.81. The fourth-order valence-corrected chi connectivity index (χ4v) is 1.32. The second kappa shape index (κ2) is 6.96. The first-order valence-corrected chi connectivity index (χ1v) is 5.81. The number of carbonyl (C=O) groups is 1. The minimum Gasteiger partial charge on any atom is -0.483 e. The Balaban J connectivity index is 2.50. The van der Waals surface area contributed by atoms with Crippen LogP contribution in [0.3, 0.4) is 0 Å². The Morgan fingerprint density at radius 2 is 2.22 bits per heavy atom. The maximum atomic E-state index is 12.9. The van der Waals surface area contributed by atoms with Gasteiger partial charge in [-0.25, -0.2) is 4.39 Å². The van der Waals surface area contributed by atoms with Crippen molar-refractivity contribution in [1.29, 1.82) is 0 Å². The fourth-order valence-electron chi connectivity index (χ4n) is 1.32. The van der Waals surface area contributed by atoms with E-state index in [9.17, 15) is 9.18 Å². The van der Waals surface area contributed by atoms with Gasteiger partial charge >= 0.3 is 0 Å². The lowest BCUT2D eigenvalue weighted by Crippen LogP contribution is -2.31. The molecule has 100 valence electrons. The van der Waals surface area contributed by atoms with E-state index in [1.807, 2.05) is 13.8 Å². The molecule has 0 aromatic heterocycles. The largest absolute Gasteiger partial charge is 0.483 e. The van der Waals surface area contributed by atoms with Crippen LogP contribution in [0, 0.1) is 11.7 Å². The number of hydrogen-bond acceptors (Lipinski definition) is 3. The molecule has 1 amide bonds. The first kappa shape index (κ1) is 14.4. The van der Waals surface area contributed by atoms with Gasteiger partial charge in [-0.3, -0.25) is 4.79 Å². The summed E-state index contributed by atoms with van der Waals surface area (Å²) in [6, 6.07) is 3.80. The number of hydrogen-bond donors (Lipinski definition) is 2. The molecule has 0 aliphatic carbocycles. The quantitative estimate of drug-likeness (QED) is 0.809. The summed E-state index contributed by atoms with van der Waals surface area (Å²) in [5.74, 6) is -0.000977. The topological polar surface area (TPSA) is 58.6 Å². The molecule has 0 heterocycles. The van der Waals surface area contributed by atoms with E-state index in [1.54, 1.807) is 0 Å². The van der Waals surface area contributed by atoms with Gasteiger partial charge in [-0.2, -0.15) is 0 Å². The summed E-state index contributed by atoms with van der Waals surface area (Å²) in [6.07, 6.45) is 0. The van der Waals surface area contributed by atoms with Gasteiger partial charge in [0, 0.05) is 12.1 Å². The van der Waals surface area contributed by atoms with Crippen LogP contribution in [0.15, 0.2) is 18.2 Å². The number of benzene rings is 1. The van der Waals surface area contributed by atoms with Gasteiger partial charge in [0.15, 0.2) is 6.61 Å². The SMILES string of the molecule is CC(C)CNC(=O)COc1ccc(F)cc1CO. The van der Waals surface area contributed by atoms with Crippen LogP contribution in [-0.2, 0) is 11.4 Å². The zero-order valence-corrected chi connectivity index (χ0v) is 10.6. The lowest BCUT2D eigenvalue weighted by Gasteiger charge is -2.11. The van der Waals surface area contributed by atoms with Crippen LogP contribution < -0.4 is 10.1 Å². The summed E-state index contributed by atoms with van der Waals surface area (Å²) in [7, 11) is 0. The summed E-state index contributed by atoms with van der Waals surface area (Å²) in [5, 5.41) is 11.7. The van der Waals surface area contributed by atoms with Gasteiger partial charge in [-0.05, 0) is 24.1 Å². The maximum Gasteiger partial charge on any atom is 0.257 e. The summed E-state index contributed by atoms with van der Waals surface area (Å²) >= 11 is 0. The Bertz CT molecular complexity index is 407. The Hall–Kier alpha value is -1.62. The molecule has 1 aromatic carbocycles. The third kappa shape index (κ3) is 4.71. The van der Waals surface area contributed by atoms with E-state index in [2.05, 4.69) is 5.32 Å². The highest BCUT2D eigenvalue weighted by Gasteiger charge is 2.07. The molecular formula is C13H18FNO3. The average Bonchev–Trinajstić information content (AvgIpc) is 2.34.